The Morgan fingerprint density at radius 3 is 2.68 bits per heavy atom. The molecule has 4 aromatic rings. The molecule has 7 nitrogen and oxygen atoms in total. The molecule has 28 heavy (non-hydrogen) atoms. The fraction of sp³-hybridized carbons (Fsp3) is 0.300. The summed E-state index contributed by atoms with van der Waals surface area (Å²) in [7, 11) is 1.63. The third-order valence-corrected chi connectivity index (χ3v) is 6.22. The van der Waals surface area contributed by atoms with Gasteiger partial charge in [-0.1, -0.05) is 12.1 Å². The number of para-hydroxylation sites is 1. The van der Waals surface area contributed by atoms with Crippen molar-refractivity contribution in [2.24, 2.45) is 0 Å². The Morgan fingerprint density at radius 1 is 1.11 bits per heavy atom. The van der Waals surface area contributed by atoms with Crippen LogP contribution in [0.1, 0.15) is 28.7 Å². The number of fused-ring (bicyclic) bond motifs is 2. The maximum absolute atomic E-state index is 12.9. The first-order chi connectivity index (χ1) is 13.7. The zero-order chi connectivity index (χ0) is 19.1. The topological polar surface area (TPSA) is 73.1 Å². The zero-order valence-electron chi connectivity index (χ0n) is 15.4. The molecule has 1 aliphatic heterocycles. The smallest absolute Gasteiger partial charge is 0.298 e. The maximum Gasteiger partial charge on any atom is 0.298 e. The molecule has 0 aliphatic carbocycles. The minimum absolute atomic E-state index is 0.0141. The number of piperidine rings is 1. The molecule has 8 heteroatoms. The Hall–Kier alpha value is -3.00. The Kier molecular flexibility index (Phi) is 4.20. The van der Waals surface area contributed by atoms with Crippen LogP contribution in [0.2, 0.25) is 0 Å². The summed E-state index contributed by atoms with van der Waals surface area (Å²) in [5.41, 5.74) is 2.54. The van der Waals surface area contributed by atoms with Crippen LogP contribution < -0.4 is 4.74 Å². The Labute approximate surface area is 165 Å². The van der Waals surface area contributed by atoms with E-state index in [0.29, 0.717) is 24.1 Å². The third kappa shape index (κ3) is 2.80. The molecule has 0 bridgehead atoms. The summed E-state index contributed by atoms with van der Waals surface area (Å²) in [6.07, 6.45) is 3.43. The highest BCUT2D eigenvalue weighted by Crippen LogP contribution is 2.32. The molecule has 1 aromatic carbocycles. The normalized spacial score (nSPS) is 15.4. The van der Waals surface area contributed by atoms with E-state index >= 15 is 0 Å². The number of amides is 1. The lowest BCUT2D eigenvalue weighted by molar-refractivity contribution is 0.0693. The number of imidazole rings is 1. The number of carbonyl (C=O) groups is 1. The minimum atomic E-state index is 0.0141. The average Bonchev–Trinajstić information content (AvgIpc) is 3.34. The van der Waals surface area contributed by atoms with Crippen molar-refractivity contribution in [2.45, 2.75) is 18.9 Å². The highest BCUT2D eigenvalue weighted by molar-refractivity contribution is 7.20. The van der Waals surface area contributed by atoms with Crippen LogP contribution in [0, 0.1) is 0 Å². The van der Waals surface area contributed by atoms with E-state index < -0.39 is 0 Å². The van der Waals surface area contributed by atoms with Gasteiger partial charge in [0.25, 0.3) is 11.9 Å². The Bertz CT molecular complexity index is 1130. The highest BCUT2D eigenvalue weighted by Gasteiger charge is 2.29. The number of thiazole rings is 1. The number of carbonyl (C=O) groups excluding carboxylic acids is 1. The summed E-state index contributed by atoms with van der Waals surface area (Å²) in [5, 5.41) is 0.562. The second kappa shape index (κ2) is 6.87. The van der Waals surface area contributed by atoms with Crippen molar-refractivity contribution in [1.29, 1.82) is 0 Å². The number of ether oxygens (including phenoxy) is 1. The van der Waals surface area contributed by atoms with Crippen LogP contribution in [0.4, 0.5) is 0 Å². The van der Waals surface area contributed by atoms with E-state index in [4.69, 9.17) is 4.74 Å². The zero-order valence-corrected chi connectivity index (χ0v) is 16.2. The van der Waals surface area contributed by atoms with Gasteiger partial charge in [-0.15, -0.1) is 11.3 Å². The van der Waals surface area contributed by atoms with Crippen LogP contribution in [0.3, 0.4) is 0 Å². The molecule has 5 rings (SSSR count). The molecular weight excluding hydrogens is 374 g/mol. The standard InChI is InChI=1S/C20H19N5O2S/c1-27-20-23-15-6-4-10-21-17(15)25(20)13-8-11-24(12-9-13)19(26)18-22-14-5-2-3-7-16(14)28-18/h2-7,10,13H,8-9,11-12H2,1H3. The molecule has 0 saturated carbocycles. The largest absolute Gasteiger partial charge is 0.468 e. The maximum atomic E-state index is 12.9. The number of likely N-dealkylation sites (tertiary alicyclic amines) is 1. The number of benzene rings is 1. The summed E-state index contributed by atoms with van der Waals surface area (Å²) >= 11 is 1.46. The first kappa shape index (κ1) is 17.1. The molecule has 142 valence electrons. The van der Waals surface area contributed by atoms with Crippen molar-refractivity contribution in [1.82, 2.24) is 24.4 Å². The monoisotopic (exact) mass is 393 g/mol. The summed E-state index contributed by atoms with van der Waals surface area (Å²) in [5.74, 6) is 0.0141. The van der Waals surface area contributed by atoms with Gasteiger partial charge in [0.2, 0.25) is 0 Å². The molecule has 1 amide bonds. The van der Waals surface area contributed by atoms with Crippen LogP contribution in [0.25, 0.3) is 21.4 Å². The van der Waals surface area contributed by atoms with Crippen molar-refractivity contribution in [2.75, 3.05) is 20.2 Å². The molecular formula is C20H19N5O2S. The molecule has 1 saturated heterocycles. The van der Waals surface area contributed by atoms with E-state index in [0.717, 1.165) is 34.2 Å². The fourth-order valence-electron chi connectivity index (χ4n) is 3.81. The predicted molar refractivity (Wildman–Crippen MR) is 108 cm³/mol. The van der Waals surface area contributed by atoms with Crippen LogP contribution in [0.15, 0.2) is 42.6 Å². The molecule has 0 spiro atoms. The van der Waals surface area contributed by atoms with Crippen molar-refractivity contribution in [3.05, 3.63) is 47.6 Å². The molecule has 0 atom stereocenters. The number of hydrogen-bond donors (Lipinski definition) is 0. The van der Waals surface area contributed by atoms with Gasteiger partial charge >= 0.3 is 0 Å². The van der Waals surface area contributed by atoms with Crippen molar-refractivity contribution in [3.8, 4) is 6.01 Å². The minimum Gasteiger partial charge on any atom is -0.468 e. The van der Waals surface area contributed by atoms with Gasteiger partial charge in [-0.2, -0.15) is 4.98 Å². The van der Waals surface area contributed by atoms with Crippen LogP contribution in [-0.2, 0) is 0 Å². The summed E-state index contributed by atoms with van der Waals surface area (Å²) in [6, 6.07) is 12.4. The van der Waals surface area contributed by atoms with E-state index in [2.05, 4.69) is 19.5 Å². The highest BCUT2D eigenvalue weighted by atomic mass is 32.1. The molecule has 4 heterocycles. The Morgan fingerprint density at radius 2 is 1.89 bits per heavy atom. The van der Waals surface area contributed by atoms with E-state index in [9.17, 15) is 4.79 Å². The number of nitrogens with zero attached hydrogens (tertiary/aromatic N) is 5. The lowest BCUT2D eigenvalue weighted by Gasteiger charge is -2.32. The third-order valence-electron chi connectivity index (χ3n) is 5.19. The summed E-state index contributed by atoms with van der Waals surface area (Å²) in [6.45, 7) is 1.35. The summed E-state index contributed by atoms with van der Waals surface area (Å²) in [4.78, 5) is 28.3. The van der Waals surface area contributed by atoms with Gasteiger partial charge in [-0.05, 0) is 37.1 Å². The van der Waals surface area contributed by atoms with Crippen LogP contribution >= 0.6 is 11.3 Å². The number of methoxy groups -OCH3 is 1. The van der Waals surface area contributed by atoms with Crippen LogP contribution in [0.5, 0.6) is 6.01 Å². The molecule has 1 fully saturated rings. The second-order valence-electron chi connectivity index (χ2n) is 6.82. The number of aromatic nitrogens is 4. The van der Waals surface area contributed by atoms with Gasteiger partial charge < -0.3 is 9.64 Å². The quantitative estimate of drug-likeness (QED) is 0.532. The molecule has 0 radical (unpaired) electrons. The van der Waals surface area contributed by atoms with Crippen molar-refractivity contribution >= 4 is 38.6 Å². The molecule has 3 aromatic heterocycles. The van der Waals surface area contributed by atoms with Gasteiger partial charge in [-0.25, -0.2) is 9.97 Å². The molecule has 0 N–H and O–H groups in total. The first-order valence-electron chi connectivity index (χ1n) is 9.26. The van der Waals surface area contributed by atoms with Crippen molar-refractivity contribution < 1.29 is 9.53 Å². The number of pyridine rings is 1. The van der Waals surface area contributed by atoms with E-state index in [1.54, 1.807) is 13.3 Å². The molecule has 0 unspecified atom stereocenters. The van der Waals surface area contributed by atoms with E-state index in [1.807, 2.05) is 41.3 Å². The predicted octanol–water partition coefficient (Wildman–Crippen LogP) is 3.53. The fourth-order valence-corrected chi connectivity index (χ4v) is 4.74. The first-order valence-corrected chi connectivity index (χ1v) is 10.1. The van der Waals surface area contributed by atoms with Crippen molar-refractivity contribution in [3.63, 3.8) is 0 Å². The van der Waals surface area contributed by atoms with Gasteiger partial charge in [0, 0.05) is 25.3 Å². The Balaban J connectivity index is 1.36. The van der Waals surface area contributed by atoms with Crippen LogP contribution in [-0.4, -0.2) is 50.5 Å². The van der Waals surface area contributed by atoms with Gasteiger partial charge in [0.1, 0.15) is 5.52 Å². The lowest BCUT2D eigenvalue weighted by Crippen LogP contribution is -2.39. The molecule has 1 aliphatic rings. The van der Waals surface area contributed by atoms with E-state index in [1.165, 1.54) is 11.3 Å². The van der Waals surface area contributed by atoms with Gasteiger partial charge in [0.15, 0.2) is 10.7 Å². The van der Waals surface area contributed by atoms with Gasteiger partial charge in [0.05, 0.1) is 17.3 Å². The lowest BCUT2D eigenvalue weighted by atomic mass is 10.0. The van der Waals surface area contributed by atoms with Gasteiger partial charge in [-0.3, -0.25) is 9.36 Å². The van der Waals surface area contributed by atoms with E-state index in [-0.39, 0.29) is 11.9 Å². The SMILES string of the molecule is COc1nc2cccnc2n1C1CCN(C(=O)c2nc3ccccc3s2)CC1. The second-order valence-corrected chi connectivity index (χ2v) is 7.86. The number of rotatable bonds is 3. The summed E-state index contributed by atoms with van der Waals surface area (Å²) < 4.78 is 8.59. The number of hydrogen-bond acceptors (Lipinski definition) is 6. The average molecular weight is 393 g/mol.